The lowest BCUT2D eigenvalue weighted by Crippen LogP contribution is -2.51. The fourth-order valence-corrected chi connectivity index (χ4v) is 3.14. The van der Waals surface area contributed by atoms with Gasteiger partial charge in [-0.1, -0.05) is 0 Å². The molecule has 2 aromatic heterocycles. The van der Waals surface area contributed by atoms with Crippen molar-refractivity contribution in [2.45, 2.75) is 33.0 Å². The molecule has 3 aromatic rings. The molecule has 0 radical (unpaired) electrons. The fourth-order valence-electron chi connectivity index (χ4n) is 3.14. The first kappa shape index (κ1) is 17.5. The van der Waals surface area contributed by atoms with Gasteiger partial charge in [0.25, 0.3) is 0 Å². The molecule has 8 nitrogen and oxygen atoms in total. The predicted octanol–water partition coefficient (Wildman–Crippen LogP) is 2.10. The van der Waals surface area contributed by atoms with Crippen LogP contribution in [-0.2, 0) is 0 Å². The molecule has 0 bridgehead atoms. The highest BCUT2D eigenvalue weighted by Gasteiger charge is 2.27. The molecule has 1 saturated heterocycles. The molecule has 8 heteroatoms. The number of nitrogens with zero attached hydrogens (tertiary/aromatic N) is 5. The number of aliphatic hydroxyl groups excluding tert-OH is 1. The van der Waals surface area contributed by atoms with Crippen molar-refractivity contribution in [3.05, 3.63) is 30.0 Å². The molecular formula is C19H23N5O3. The maximum atomic E-state index is 9.58. The van der Waals surface area contributed by atoms with Crippen molar-refractivity contribution in [3.63, 3.8) is 0 Å². The van der Waals surface area contributed by atoms with Crippen molar-refractivity contribution in [1.29, 1.82) is 0 Å². The van der Waals surface area contributed by atoms with E-state index in [-0.39, 0.29) is 18.2 Å². The van der Waals surface area contributed by atoms with Crippen molar-refractivity contribution < 1.29 is 14.6 Å². The molecule has 1 N–H and O–H groups in total. The molecule has 4 rings (SSSR count). The summed E-state index contributed by atoms with van der Waals surface area (Å²) in [6, 6.07) is 6.16. The quantitative estimate of drug-likeness (QED) is 0.737. The van der Waals surface area contributed by atoms with E-state index >= 15 is 0 Å². The Hall–Kier alpha value is -2.87. The lowest BCUT2D eigenvalue weighted by atomic mass is 10.1. The lowest BCUT2D eigenvalue weighted by molar-refractivity contribution is 0.141. The Balaban J connectivity index is 1.80. The monoisotopic (exact) mass is 369 g/mol. The van der Waals surface area contributed by atoms with E-state index in [0.717, 1.165) is 22.2 Å². The van der Waals surface area contributed by atoms with Crippen LogP contribution in [0.1, 0.15) is 19.4 Å². The summed E-state index contributed by atoms with van der Waals surface area (Å²) in [4.78, 5) is 10.8. The summed E-state index contributed by atoms with van der Waals surface area (Å²) in [7, 11) is 1.53. The van der Waals surface area contributed by atoms with E-state index in [9.17, 15) is 5.11 Å². The van der Waals surface area contributed by atoms with Crippen molar-refractivity contribution in [3.8, 4) is 17.6 Å². The number of hydrogen-bond acceptors (Lipinski definition) is 7. The molecule has 1 aliphatic heterocycles. The maximum Gasteiger partial charge on any atom is 0.320 e. The zero-order valence-electron chi connectivity index (χ0n) is 15.9. The Bertz CT molecular complexity index is 979. The van der Waals surface area contributed by atoms with Crippen LogP contribution in [0.25, 0.3) is 16.7 Å². The molecule has 0 saturated carbocycles. The van der Waals surface area contributed by atoms with Crippen molar-refractivity contribution in [1.82, 2.24) is 19.7 Å². The Morgan fingerprint density at radius 1 is 1.15 bits per heavy atom. The second-order valence-electron chi connectivity index (χ2n) is 7.03. The van der Waals surface area contributed by atoms with Gasteiger partial charge in [-0.2, -0.15) is 15.1 Å². The standard InChI is InChI=1S/C19H23N5O3/c1-11(2)27-16-6-15-13(5-12(16)3)8-20-24(15)18-7-17(21-19(22-18)26-4)23-9-14(25)10-23/h5-8,11,14,25H,9-10H2,1-4H3. The largest absolute Gasteiger partial charge is 0.491 e. The number of aromatic nitrogens is 4. The number of aliphatic hydroxyl groups is 1. The zero-order chi connectivity index (χ0) is 19.1. The van der Waals surface area contributed by atoms with E-state index in [2.05, 4.69) is 21.1 Å². The third-order valence-electron chi connectivity index (χ3n) is 4.49. The Morgan fingerprint density at radius 2 is 1.89 bits per heavy atom. The van der Waals surface area contributed by atoms with E-state index in [1.165, 1.54) is 7.11 Å². The smallest absolute Gasteiger partial charge is 0.320 e. The summed E-state index contributed by atoms with van der Waals surface area (Å²) in [5.74, 6) is 2.13. The predicted molar refractivity (Wildman–Crippen MR) is 102 cm³/mol. The van der Waals surface area contributed by atoms with Gasteiger partial charge in [-0.15, -0.1) is 0 Å². The van der Waals surface area contributed by atoms with Crippen LogP contribution < -0.4 is 14.4 Å². The minimum absolute atomic E-state index is 0.0844. The van der Waals surface area contributed by atoms with Gasteiger partial charge in [0.15, 0.2) is 5.82 Å². The highest BCUT2D eigenvalue weighted by Crippen LogP contribution is 2.29. The molecule has 142 valence electrons. The molecule has 0 unspecified atom stereocenters. The molecule has 0 aliphatic carbocycles. The minimum Gasteiger partial charge on any atom is -0.491 e. The molecule has 0 atom stereocenters. The van der Waals surface area contributed by atoms with Crippen molar-refractivity contribution in [2.24, 2.45) is 0 Å². The summed E-state index contributed by atoms with van der Waals surface area (Å²) in [5, 5.41) is 15.1. The molecule has 27 heavy (non-hydrogen) atoms. The first-order valence-corrected chi connectivity index (χ1v) is 8.96. The molecule has 1 fully saturated rings. The van der Waals surface area contributed by atoms with E-state index in [4.69, 9.17) is 9.47 Å². The van der Waals surface area contributed by atoms with Gasteiger partial charge in [0.1, 0.15) is 11.6 Å². The topological polar surface area (TPSA) is 85.5 Å². The SMILES string of the molecule is COc1nc(N2CC(O)C2)cc(-n2ncc3cc(C)c(OC(C)C)cc32)n1. The summed E-state index contributed by atoms with van der Waals surface area (Å²) >= 11 is 0. The number of fused-ring (bicyclic) bond motifs is 1. The van der Waals surface area contributed by atoms with Gasteiger partial charge in [0.2, 0.25) is 0 Å². The third kappa shape index (κ3) is 3.28. The number of ether oxygens (including phenoxy) is 2. The first-order chi connectivity index (χ1) is 12.9. The normalized spacial score (nSPS) is 14.7. The van der Waals surface area contributed by atoms with Crippen LogP contribution in [0.4, 0.5) is 5.82 Å². The van der Waals surface area contributed by atoms with Gasteiger partial charge < -0.3 is 19.5 Å². The second-order valence-corrected chi connectivity index (χ2v) is 7.03. The maximum absolute atomic E-state index is 9.58. The Morgan fingerprint density at radius 3 is 2.56 bits per heavy atom. The average molecular weight is 369 g/mol. The zero-order valence-corrected chi connectivity index (χ0v) is 15.9. The number of methoxy groups -OCH3 is 1. The molecule has 1 aromatic carbocycles. The van der Waals surface area contributed by atoms with E-state index in [1.54, 1.807) is 4.68 Å². The summed E-state index contributed by atoms with van der Waals surface area (Å²) < 4.78 is 12.9. The lowest BCUT2D eigenvalue weighted by Gasteiger charge is -2.36. The van der Waals surface area contributed by atoms with Gasteiger partial charge in [0.05, 0.1) is 31.0 Å². The van der Waals surface area contributed by atoms with Crippen LogP contribution in [0.5, 0.6) is 11.8 Å². The van der Waals surface area contributed by atoms with Gasteiger partial charge >= 0.3 is 6.01 Å². The number of β-amino-alcohol motifs (C(OH)–C–C–N with tert-alkyl or cyclic N) is 1. The van der Waals surface area contributed by atoms with Crippen LogP contribution in [0.2, 0.25) is 0 Å². The van der Waals surface area contributed by atoms with Gasteiger partial charge in [0, 0.05) is 30.6 Å². The van der Waals surface area contributed by atoms with Gasteiger partial charge in [-0.05, 0) is 32.4 Å². The molecule has 0 amide bonds. The van der Waals surface area contributed by atoms with E-state index in [0.29, 0.717) is 24.7 Å². The highest BCUT2D eigenvalue weighted by atomic mass is 16.5. The third-order valence-corrected chi connectivity index (χ3v) is 4.49. The summed E-state index contributed by atoms with van der Waals surface area (Å²) in [6.07, 6.45) is 1.57. The molecule has 3 heterocycles. The van der Waals surface area contributed by atoms with Crippen LogP contribution in [0.3, 0.4) is 0 Å². The second kappa shape index (κ2) is 6.70. The molecule has 1 aliphatic rings. The summed E-state index contributed by atoms with van der Waals surface area (Å²) in [6.45, 7) is 7.12. The van der Waals surface area contributed by atoms with Crippen LogP contribution in [0, 0.1) is 6.92 Å². The van der Waals surface area contributed by atoms with E-state index < -0.39 is 0 Å². The van der Waals surface area contributed by atoms with Crippen LogP contribution in [-0.4, -0.2) is 57.3 Å². The molecular weight excluding hydrogens is 346 g/mol. The number of anilines is 1. The number of hydrogen-bond donors (Lipinski definition) is 1. The first-order valence-electron chi connectivity index (χ1n) is 8.96. The van der Waals surface area contributed by atoms with Crippen molar-refractivity contribution in [2.75, 3.05) is 25.1 Å². The number of aryl methyl sites for hydroxylation is 1. The minimum atomic E-state index is -0.321. The summed E-state index contributed by atoms with van der Waals surface area (Å²) in [5.41, 5.74) is 1.96. The van der Waals surface area contributed by atoms with Gasteiger partial charge in [-0.3, -0.25) is 0 Å². The average Bonchev–Trinajstić information content (AvgIpc) is 3.01. The highest BCUT2D eigenvalue weighted by molar-refractivity contribution is 5.83. The fraction of sp³-hybridized carbons (Fsp3) is 0.421. The number of rotatable bonds is 5. The van der Waals surface area contributed by atoms with Gasteiger partial charge in [-0.25, -0.2) is 4.68 Å². The van der Waals surface area contributed by atoms with Crippen molar-refractivity contribution >= 4 is 16.7 Å². The Kier molecular flexibility index (Phi) is 4.35. The van der Waals surface area contributed by atoms with Crippen LogP contribution >= 0.6 is 0 Å². The Labute approximate surface area is 157 Å². The van der Waals surface area contributed by atoms with Crippen LogP contribution in [0.15, 0.2) is 24.4 Å². The molecule has 0 spiro atoms. The number of benzene rings is 1. The van der Waals surface area contributed by atoms with E-state index in [1.807, 2.05) is 44.0 Å².